The Morgan fingerprint density at radius 2 is 2.03 bits per heavy atom. The lowest BCUT2D eigenvalue weighted by Gasteiger charge is -2.08. The molecule has 0 saturated carbocycles. The summed E-state index contributed by atoms with van der Waals surface area (Å²) in [6, 6.07) is 14.6. The number of benzene rings is 1. The van der Waals surface area contributed by atoms with Gasteiger partial charge in [0.25, 0.3) is 11.5 Å². The van der Waals surface area contributed by atoms with Gasteiger partial charge in [0.2, 0.25) is 5.95 Å². The molecule has 0 saturated heterocycles. The molecule has 5 aromatic rings. The van der Waals surface area contributed by atoms with Gasteiger partial charge in [0.05, 0.1) is 10.4 Å². The molecule has 0 aliphatic rings. The van der Waals surface area contributed by atoms with Crippen LogP contribution in [-0.2, 0) is 0 Å². The number of aromatic amines is 2. The number of H-pyrrole nitrogens is 2. The molecule has 0 aliphatic heterocycles. The smallest absolute Gasteiger partial charge is 0.258 e. The molecule has 148 valence electrons. The van der Waals surface area contributed by atoms with Crippen LogP contribution in [0.5, 0.6) is 0 Å². The maximum Gasteiger partial charge on any atom is 0.258 e. The van der Waals surface area contributed by atoms with Crippen molar-refractivity contribution in [3.63, 3.8) is 0 Å². The van der Waals surface area contributed by atoms with Crippen LogP contribution in [-0.4, -0.2) is 30.6 Å². The molecule has 3 N–H and O–H groups in total. The molecule has 0 bridgehead atoms. The number of aromatic nitrogens is 5. The molecule has 4 aromatic heterocycles. The highest BCUT2D eigenvalue weighted by atomic mass is 32.1. The number of rotatable bonds is 4. The predicted octanol–water partition coefficient (Wildman–Crippen LogP) is 3.73. The number of carbonyl (C=O) groups excluding carboxylic acids is 1. The van der Waals surface area contributed by atoms with E-state index in [1.54, 1.807) is 19.2 Å². The van der Waals surface area contributed by atoms with Crippen LogP contribution in [0.15, 0.2) is 64.9 Å². The van der Waals surface area contributed by atoms with Crippen LogP contribution >= 0.6 is 11.3 Å². The minimum atomic E-state index is -0.292. The molecule has 0 atom stereocenters. The molecule has 1 amide bonds. The van der Waals surface area contributed by atoms with Crippen molar-refractivity contribution in [3.05, 3.63) is 81.7 Å². The predicted molar refractivity (Wildman–Crippen MR) is 116 cm³/mol. The van der Waals surface area contributed by atoms with Gasteiger partial charge in [0.1, 0.15) is 11.5 Å². The summed E-state index contributed by atoms with van der Waals surface area (Å²) < 4.78 is 1.44. The quantitative estimate of drug-likeness (QED) is 0.415. The summed E-state index contributed by atoms with van der Waals surface area (Å²) in [6.45, 7) is 1.73. The molecule has 0 fully saturated rings. The Hall–Kier alpha value is -3.98. The first kappa shape index (κ1) is 18.1. The maximum absolute atomic E-state index is 13.0. The van der Waals surface area contributed by atoms with Gasteiger partial charge in [-0.3, -0.25) is 14.6 Å². The average molecular weight is 416 g/mol. The number of fused-ring (bicyclic) bond motifs is 1. The summed E-state index contributed by atoms with van der Waals surface area (Å²) in [5.74, 6) is 0.348. The van der Waals surface area contributed by atoms with Crippen molar-refractivity contribution in [2.24, 2.45) is 0 Å². The summed E-state index contributed by atoms with van der Waals surface area (Å²) in [4.78, 5) is 36.1. The molecule has 9 heteroatoms. The van der Waals surface area contributed by atoms with E-state index in [1.165, 1.54) is 22.1 Å². The lowest BCUT2D eigenvalue weighted by atomic mass is 10.1. The van der Waals surface area contributed by atoms with Crippen LogP contribution in [0.1, 0.15) is 16.1 Å². The van der Waals surface area contributed by atoms with Crippen LogP contribution in [0.2, 0.25) is 0 Å². The molecule has 5 rings (SSSR count). The van der Waals surface area contributed by atoms with Crippen molar-refractivity contribution in [2.75, 3.05) is 5.32 Å². The number of anilines is 1. The van der Waals surface area contributed by atoms with E-state index >= 15 is 0 Å². The van der Waals surface area contributed by atoms with Crippen molar-refractivity contribution in [1.29, 1.82) is 0 Å². The third-order valence-corrected chi connectivity index (χ3v) is 5.51. The number of nitrogens with one attached hydrogen (secondary N) is 3. The van der Waals surface area contributed by atoms with Crippen LogP contribution in [0, 0.1) is 6.92 Å². The summed E-state index contributed by atoms with van der Waals surface area (Å²) >= 11 is 1.53. The summed E-state index contributed by atoms with van der Waals surface area (Å²) in [5, 5.41) is 10.3. The first-order valence-corrected chi connectivity index (χ1v) is 10.1. The number of aryl methyl sites for hydroxylation is 1. The number of amides is 1. The van der Waals surface area contributed by atoms with Crippen molar-refractivity contribution < 1.29 is 4.79 Å². The van der Waals surface area contributed by atoms with E-state index in [-0.39, 0.29) is 17.4 Å². The number of thiophene rings is 1. The number of carbonyl (C=O) groups is 1. The van der Waals surface area contributed by atoms with E-state index in [1.807, 2.05) is 41.8 Å². The minimum absolute atomic E-state index is 0.233. The fourth-order valence-corrected chi connectivity index (χ4v) is 3.96. The molecule has 1 aromatic carbocycles. The number of nitrogens with zero attached hydrogens (tertiary/aromatic N) is 3. The van der Waals surface area contributed by atoms with Crippen molar-refractivity contribution in [2.45, 2.75) is 6.92 Å². The van der Waals surface area contributed by atoms with Gasteiger partial charge < -0.3 is 10.3 Å². The number of hydrogen-bond acceptors (Lipinski definition) is 5. The minimum Gasteiger partial charge on any atom is -0.360 e. The maximum atomic E-state index is 13.0. The molecule has 4 heterocycles. The van der Waals surface area contributed by atoms with Gasteiger partial charge in [0, 0.05) is 34.9 Å². The first-order valence-electron chi connectivity index (χ1n) is 9.18. The average Bonchev–Trinajstić information content (AvgIpc) is 3.46. The van der Waals surface area contributed by atoms with Gasteiger partial charge in [-0.25, -0.2) is 4.98 Å². The SMILES string of the molecule is Cc1cc(=O)[nH]c(-n2nc(-c3cccs3)cc2NC(=O)c2c[nH]c3ccccc23)n1. The third-order valence-electron chi connectivity index (χ3n) is 4.62. The van der Waals surface area contributed by atoms with Gasteiger partial charge in [-0.15, -0.1) is 11.3 Å². The molecule has 0 radical (unpaired) electrons. The summed E-state index contributed by atoms with van der Waals surface area (Å²) in [7, 11) is 0. The van der Waals surface area contributed by atoms with Gasteiger partial charge in [-0.05, 0) is 24.4 Å². The van der Waals surface area contributed by atoms with E-state index in [9.17, 15) is 9.59 Å². The molecular weight excluding hydrogens is 400 g/mol. The van der Waals surface area contributed by atoms with Crippen LogP contribution in [0.3, 0.4) is 0 Å². The zero-order valence-corrected chi connectivity index (χ0v) is 16.7. The second kappa shape index (κ2) is 7.12. The summed E-state index contributed by atoms with van der Waals surface area (Å²) in [5.41, 5.74) is 2.32. The highest BCUT2D eigenvalue weighted by Crippen LogP contribution is 2.28. The second-order valence-electron chi connectivity index (χ2n) is 6.72. The standard InChI is InChI=1S/C21H16N6O2S/c1-12-9-19(28)25-21(23-12)27-18(10-16(26-27)17-7-4-8-30-17)24-20(29)14-11-22-15-6-3-2-5-13(14)15/h2-11,22H,1H3,(H,24,29)(H,23,25,28). The van der Waals surface area contributed by atoms with Gasteiger partial charge >= 0.3 is 0 Å². The van der Waals surface area contributed by atoms with Crippen molar-refractivity contribution in [3.8, 4) is 16.5 Å². The molecular formula is C21H16N6O2S. The van der Waals surface area contributed by atoms with Gasteiger partial charge in [0.15, 0.2) is 0 Å². The Morgan fingerprint density at radius 1 is 1.17 bits per heavy atom. The lowest BCUT2D eigenvalue weighted by Crippen LogP contribution is -2.18. The molecule has 8 nitrogen and oxygen atoms in total. The van der Waals surface area contributed by atoms with E-state index < -0.39 is 0 Å². The highest BCUT2D eigenvalue weighted by molar-refractivity contribution is 7.13. The van der Waals surface area contributed by atoms with Crippen LogP contribution in [0.25, 0.3) is 27.4 Å². The van der Waals surface area contributed by atoms with E-state index in [0.29, 0.717) is 22.8 Å². The van der Waals surface area contributed by atoms with Crippen molar-refractivity contribution in [1.82, 2.24) is 24.7 Å². The number of para-hydroxylation sites is 1. The normalized spacial score (nSPS) is 11.1. The zero-order chi connectivity index (χ0) is 20.7. The Balaban J connectivity index is 1.59. The summed E-state index contributed by atoms with van der Waals surface area (Å²) in [6.07, 6.45) is 1.67. The fraction of sp³-hybridized carbons (Fsp3) is 0.0476. The van der Waals surface area contributed by atoms with E-state index in [4.69, 9.17) is 0 Å². The second-order valence-corrected chi connectivity index (χ2v) is 7.66. The Bertz CT molecular complexity index is 1430. The van der Waals surface area contributed by atoms with E-state index in [0.717, 1.165) is 15.8 Å². The van der Waals surface area contributed by atoms with E-state index in [2.05, 4.69) is 25.4 Å². The molecule has 0 aliphatic carbocycles. The number of hydrogen-bond donors (Lipinski definition) is 3. The highest BCUT2D eigenvalue weighted by Gasteiger charge is 2.18. The Labute approximate surface area is 174 Å². The van der Waals surface area contributed by atoms with Crippen molar-refractivity contribution >= 4 is 34.0 Å². The monoisotopic (exact) mass is 416 g/mol. The lowest BCUT2D eigenvalue weighted by molar-refractivity contribution is 0.102. The molecule has 0 spiro atoms. The topological polar surface area (TPSA) is 108 Å². The molecule has 30 heavy (non-hydrogen) atoms. The first-order chi connectivity index (χ1) is 14.6. The zero-order valence-electron chi connectivity index (χ0n) is 15.8. The van der Waals surface area contributed by atoms with Gasteiger partial charge in [-0.1, -0.05) is 24.3 Å². The Morgan fingerprint density at radius 3 is 2.83 bits per heavy atom. The van der Waals surface area contributed by atoms with Gasteiger partial charge in [-0.2, -0.15) is 9.78 Å². The molecule has 0 unspecified atom stereocenters. The third kappa shape index (κ3) is 3.20. The fourth-order valence-electron chi connectivity index (χ4n) is 3.28. The Kier molecular flexibility index (Phi) is 4.29. The van der Waals surface area contributed by atoms with Crippen LogP contribution in [0.4, 0.5) is 5.82 Å². The van der Waals surface area contributed by atoms with Crippen LogP contribution < -0.4 is 10.9 Å². The largest absolute Gasteiger partial charge is 0.360 e.